The first-order valence-electron chi connectivity index (χ1n) is 6.65. The third kappa shape index (κ3) is 4.33. The van der Waals surface area contributed by atoms with Crippen LogP contribution >= 0.6 is 15.9 Å². The van der Waals surface area contributed by atoms with Crippen molar-refractivity contribution in [1.29, 1.82) is 0 Å². The van der Waals surface area contributed by atoms with Crippen LogP contribution in [0.4, 0.5) is 0 Å². The van der Waals surface area contributed by atoms with Gasteiger partial charge in [0.25, 0.3) is 0 Å². The smallest absolute Gasteiger partial charge is 0.307 e. The number of carboxylic acids is 1. The normalized spacial score (nSPS) is 10.4. The molecule has 3 nitrogen and oxygen atoms in total. The minimum Gasteiger partial charge on any atom is -0.488 e. The van der Waals surface area contributed by atoms with Crippen LogP contribution < -0.4 is 4.74 Å². The second-order valence-electron chi connectivity index (χ2n) is 5.05. The fraction of sp³-hybridized carbons (Fsp3) is 0.235. The molecule has 110 valence electrons. The highest BCUT2D eigenvalue weighted by atomic mass is 79.9. The number of halogens is 1. The quantitative estimate of drug-likeness (QED) is 0.877. The van der Waals surface area contributed by atoms with Crippen LogP contribution in [0.2, 0.25) is 0 Å². The van der Waals surface area contributed by atoms with Crippen LogP contribution in [0.5, 0.6) is 5.75 Å². The molecular formula is C17H17BrO3. The molecule has 0 spiro atoms. The van der Waals surface area contributed by atoms with Crippen LogP contribution in [0.25, 0.3) is 0 Å². The zero-order valence-electron chi connectivity index (χ0n) is 12.0. The molecule has 0 saturated carbocycles. The first-order valence-corrected chi connectivity index (χ1v) is 7.44. The molecule has 0 aromatic heterocycles. The van der Waals surface area contributed by atoms with Gasteiger partial charge in [0.05, 0.1) is 6.42 Å². The second kappa shape index (κ2) is 6.76. The molecule has 0 atom stereocenters. The molecule has 1 N–H and O–H groups in total. The van der Waals surface area contributed by atoms with E-state index >= 15 is 0 Å². The van der Waals surface area contributed by atoms with E-state index in [2.05, 4.69) is 15.9 Å². The number of carboxylic acid groups (broad SMARTS) is 1. The lowest BCUT2D eigenvalue weighted by molar-refractivity contribution is -0.136. The summed E-state index contributed by atoms with van der Waals surface area (Å²) in [5.41, 5.74) is 3.80. The van der Waals surface area contributed by atoms with E-state index in [4.69, 9.17) is 9.84 Å². The molecule has 0 fully saturated rings. The summed E-state index contributed by atoms with van der Waals surface area (Å²) in [5, 5.41) is 8.86. The number of hydrogen-bond acceptors (Lipinski definition) is 2. The Morgan fingerprint density at radius 3 is 2.38 bits per heavy atom. The molecule has 0 amide bonds. The van der Waals surface area contributed by atoms with E-state index in [0.717, 1.165) is 32.5 Å². The van der Waals surface area contributed by atoms with Gasteiger partial charge in [0.15, 0.2) is 0 Å². The fourth-order valence-electron chi connectivity index (χ4n) is 2.33. The van der Waals surface area contributed by atoms with Crippen LogP contribution in [0.15, 0.2) is 40.9 Å². The predicted molar refractivity (Wildman–Crippen MR) is 85.7 cm³/mol. The summed E-state index contributed by atoms with van der Waals surface area (Å²) in [4.78, 5) is 10.8. The summed E-state index contributed by atoms with van der Waals surface area (Å²) in [7, 11) is 0. The van der Waals surface area contributed by atoms with Crippen LogP contribution in [0.1, 0.15) is 22.3 Å². The van der Waals surface area contributed by atoms with Crippen LogP contribution in [-0.2, 0) is 17.8 Å². The molecule has 2 aromatic rings. The molecule has 2 aromatic carbocycles. The number of rotatable bonds is 5. The monoisotopic (exact) mass is 348 g/mol. The summed E-state index contributed by atoms with van der Waals surface area (Å²) in [6.45, 7) is 4.36. The van der Waals surface area contributed by atoms with Crippen molar-refractivity contribution in [3.05, 3.63) is 63.1 Å². The summed E-state index contributed by atoms with van der Waals surface area (Å²) in [5.74, 6) is 0.000665. The van der Waals surface area contributed by atoms with Crippen molar-refractivity contribution in [3.63, 3.8) is 0 Å². The Balaban J connectivity index is 2.15. The van der Waals surface area contributed by atoms with E-state index in [-0.39, 0.29) is 6.42 Å². The third-order valence-electron chi connectivity index (χ3n) is 3.15. The molecule has 0 aliphatic heterocycles. The van der Waals surface area contributed by atoms with Crippen LogP contribution in [-0.4, -0.2) is 11.1 Å². The van der Waals surface area contributed by atoms with Gasteiger partial charge in [-0.3, -0.25) is 4.79 Å². The van der Waals surface area contributed by atoms with Crippen molar-refractivity contribution in [2.45, 2.75) is 26.9 Å². The Morgan fingerprint density at radius 1 is 1.14 bits per heavy atom. The second-order valence-corrected chi connectivity index (χ2v) is 5.96. The molecule has 4 heteroatoms. The van der Waals surface area contributed by atoms with Crippen LogP contribution in [0, 0.1) is 13.8 Å². The first-order chi connectivity index (χ1) is 9.95. The van der Waals surface area contributed by atoms with Gasteiger partial charge >= 0.3 is 5.97 Å². The molecule has 0 radical (unpaired) electrons. The lowest BCUT2D eigenvalue weighted by atomic mass is 10.0. The maximum atomic E-state index is 10.8. The van der Waals surface area contributed by atoms with Gasteiger partial charge in [0, 0.05) is 4.47 Å². The Hall–Kier alpha value is -1.81. The van der Waals surface area contributed by atoms with E-state index in [1.807, 2.05) is 50.2 Å². The Kier molecular flexibility index (Phi) is 5.02. The molecule has 0 bridgehead atoms. The Labute approximate surface area is 132 Å². The van der Waals surface area contributed by atoms with E-state index in [9.17, 15) is 4.79 Å². The molecule has 0 unspecified atom stereocenters. The van der Waals surface area contributed by atoms with E-state index in [1.165, 1.54) is 0 Å². The maximum absolute atomic E-state index is 10.8. The highest BCUT2D eigenvalue weighted by molar-refractivity contribution is 9.10. The van der Waals surface area contributed by atoms with Crippen molar-refractivity contribution in [2.75, 3.05) is 0 Å². The zero-order chi connectivity index (χ0) is 15.4. The van der Waals surface area contributed by atoms with Gasteiger partial charge in [-0.15, -0.1) is 0 Å². The van der Waals surface area contributed by atoms with E-state index in [1.54, 1.807) is 0 Å². The standard InChI is InChI=1S/C17H17BrO3/c1-11-6-14(9-16(19)20)7-12(2)17(11)21-10-13-4-3-5-15(18)8-13/h3-8H,9-10H2,1-2H3,(H,19,20). The third-order valence-corrected chi connectivity index (χ3v) is 3.64. The predicted octanol–water partition coefficient (Wildman–Crippen LogP) is 4.27. The fourth-order valence-corrected chi connectivity index (χ4v) is 2.77. The number of hydrogen-bond donors (Lipinski definition) is 1. The minimum atomic E-state index is -0.823. The molecule has 0 aliphatic carbocycles. The SMILES string of the molecule is Cc1cc(CC(=O)O)cc(C)c1OCc1cccc(Br)c1. The van der Waals surface area contributed by atoms with Crippen molar-refractivity contribution < 1.29 is 14.6 Å². The number of carbonyl (C=O) groups is 1. The van der Waals surface area contributed by atoms with E-state index < -0.39 is 5.97 Å². The minimum absolute atomic E-state index is 0.0353. The van der Waals surface area contributed by atoms with Gasteiger partial charge in [-0.1, -0.05) is 40.2 Å². The largest absolute Gasteiger partial charge is 0.488 e. The molecule has 21 heavy (non-hydrogen) atoms. The zero-order valence-corrected chi connectivity index (χ0v) is 13.6. The van der Waals surface area contributed by atoms with Crippen molar-refractivity contribution >= 4 is 21.9 Å². The summed E-state index contributed by atoms with van der Waals surface area (Å²) in [6, 6.07) is 11.7. The molecule has 0 saturated heterocycles. The Morgan fingerprint density at radius 2 is 1.81 bits per heavy atom. The first kappa shape index (κ1) is 15.6. The summed E-state index contributed by atoms with van der Waals surface area (Å²) in [6.07, 6.45) is 0.0353. The Bertz CT molecular complexity index is 642. The summed E-state index contributed by atoms with van der Waals surface area (Å²) >= 11 is 3.44. The number of aryl methyl sites for hydroxylation is 2. The van der Waals surface area contributed by atoms with Crippen molar-refractivity contribution in [2.24, 2.45) is 0 Å². The molecule has 2 rings (SSSR count). The molecule has 0 aliphatic rings. The number of benzene rings is 2. The molecular weight excluding hydrogens is 332 g/mol. The lowest BCUT2D eigenvalue weighted by Crippen LogP contribution is -2.03. The van der Waals surface area contributed by atoms with Crippen LogP contribution in [0.3, 0.4) is 0 Å². The average molecular weight is 349 g/mol. The number of aliphatic carboxylic acids is 1. The van der Waals surface area contributed by atoms with Gasteiger partial charge in [0.2, 0.25) is 0 Å². The number of ether oxygens (including phenoxy) is 1. The summed E-state index contributed by atoms with van der Waals surface area (Å²) < 4.78 is 6.92. The highest BCUT2D eigenvalue weighted by Gasteiger charge is 2.09. The van der Waals surface area contributed by atoms with Crippen molar-refractivity contribution in [1.82, 2.24) is 0 Å². The van der Waals surface area contributed by atoms with Gasteiger partial charge in [0.1, 0.15) is 12.4 Å². The van der Waals surface area contributed by atoms with Gasteiger partial charge in [-0.05, 0) is 48.2 Å². The van der Waals surface area contributed by atoms with Gasteiger partial charge < -0.3 is 9.84 Å². The molecule has 0 heterocycles. The maximum Gasteiger partial charge on any atom is 0.307 e. The lowest BCUT2D eigenvalue weighted by Gasteiger charge is -2.14. The van der Waals surface area contributed by atoms with E-state index in [0.29, 0.717) is 6.61 Å². The van der Waals surface area contributed by atoms with Crippen molar-refractivity contribution in [3.8, 4) is 5.75 Å². The van der Waals surface area contributed by atoms with Gasteiger partial charge in [-0.25, -0.2) is 0 Å². The topological polar surface area (TPSA) is 46.5 Å². The average Bonchev–Trinajstić information content (AvgIpc) is 2.37. The van der Waals surface area contributed by atoms with Gasteiger partial charge in [-0.2, -0.15) is 0 Å². The highest BCUT2D eigenvalue weighted by Crippen LogP contribution is 2.26.